The van der Waals surface area contributed by atoms with Gasteiger partial charge in [-0.3, -0.25) is 13.8 Å². The maximum atomic E-state index is 12.7. The fourth-order valence-electron chi connectivity index (χ4n) is 7.92. The van der Waals surface area contributed by atoms with Crippen LogP contribution in [0.5, 0.6) is 0 Å². The average molecular weight is 986 g/mol. The third-order valence-corrected chi connectivity index (χ3v) is 13.1. The summed E-state index contributed by atoms with van der Waals surface area (Å²) < 4.78 is 33.7. The number of nitrogens with two attached hydrogens (primary N) is 1. The lowest BCUT2D eigenvalue weighted by atomic mass is 10.0. The molecule has 0 spiro atoms. The normalized spacial score (nSPS) is 13.9. The molecule has 0 saturated carbocycles. The van der Waals surface area contributed by atoms with E-state index in [9.17, 15) is 14.3 Å². The van der Waals surface area contributed by atoms with Gasteiger partial charge in [0, 0.05) is 19.6 Å². The first-order chi connectivity index (χ1) is 33.9. The van der Waals surface area contributed by atoms with E-state index in [1.54, 1.807) is 0 Å². The molecule has 0 heterocycles. The van der Waals surface area contributed by atoms with Crippen molar-refractivity contribution in [2.45, 2.75) is 258 Å². The van der Waals surface area contributed by atoms with Gasteiger partial charge in [0.2, 0.25) is 0 Å². The molecule has 0 aromatic heterocycles. The molecule has 0 fully saturated rings. The Morgan fingerprint density at radius 1 is 0.449 bits per heavy atom. The molecule has 0 aliphatic rings. The van der Waals surface area contributed by atoms with Crippen molar-refractivity contribution in [3.05, 3.63) is 85.1 Å². The van der Waals surface area contributed by atoms with Gasteiger partial charge in [-0.25, -0.2) is 4.57 Å². The van der Waals surface area contributed by atoms with Gasteiger partial charge in [0.25, 0.3) is 0 Å². The molecule has 2 atom stereocenters. The molecule has 0 bridgehead atoms. The molecule has 9 heteroatoms. The predicted molar refractivity (Wildman–Crippen MR) is 298 cm³/mol. The largest absolute Gasteiger partial charge is 0.472 e. The van der Waals surface area contributed by atoms with Crippen LogP contribution in [-0.4, -0.2) is 49.9 Å². The number of ether oxygens (including phenoxy) is 2. The van der Waals surface area contributed by atoms with E-state index in [1.807, 2.05) is 0 Å². The summed E-state index contributed by atoms with van der Waals surface area (Å²) in [6.45, 7) is 4.77. The molecule has 0 aromatic carbocycles. The van der Waals surface area contributed by atoms with Crippen LogP contribution in [0.4, 0.5) is 0 Å². The van der Waals surface area contributed by atoms with Crippen LogP contribution >= 0.6 is 7.82 Å². The number of carbonyl (C=O) groups excluding carboxylic acids is 1. The van der Waals surface area contributed by atoms with Crippen LogP contribution in [0.25, 0.3) is 0 Å². The molecule has 0 aliphatic heterocycles. The summed E-state index contributed by atoms with van der Waals surface area (Å²) in [7, 11) is -4.30. The zero-order valence-corrected chi connectivity index (χ0v) is 45.7. The number of unbranched alkanes of at least 4 members (excludes halogenated alkanes) is 27. The Morgan fingerprint density at radius 2 is 0.812 bits per heavy atom. The number of esters is 1. The van der Waals surface area contributed by atoms with Gasteiger partial charge in [0.1, 0.15) is 6.10 Å². The average Bonchev–Trinajstić information content (AvgIpc) is 3.34. The van der Waals surface area contributed by atoms with Gasteiger partial charge >= 0.3 is 13.8 Å². The first-order valence-corrected chi connectivity index (χ1v) is 30.1. The third kappa shape index (κ3) is 56.5. The second kappa shape index (κ2) is 56.6. The van der Waals surface area contributed by atoms with E-state index in [4.69, 9.17) is 24.3 Å². The highest BCUT2D eigenvalue weighted by molar-refractivity contribution is 7.47. The van der Waals surface area contributed by atoms with E-state index in [-0.39, 0.29) is 32.3 Å². The van der Waals surface area contributed by atoms with E-state index >= 15 is 0 Å². The van der Waals surface area contributed by atoms with E-state index in [1.165, 1.54) is 135 Å². The fourth-order valence-corrected chi connectivity index (χ4v) is 8.69. The predicted octanol–water partition coefficient (Wildman–Crippen LogP) is 18.4. The highest BCUT2D eigenvalue weighted by Crippen LogP contribution is 2.43. The molecule has 3 N–H and O–H groups in total. The first kappa shape index (κ1) is 66.7. The minimum atomic E-state index is -4.30. The number of phosphoric acid groups is 1. The second-order valence-electron chi connectivity index (χ2n) is 18.8. The van der Waals surface area contributed by atoms with Gasteiger partial charge in [-0.2, -0.15) is 0 Å². The number of allylic oxidation sites excluding steroid dienone is 14. The number of carbonyl (C=O) groups is 1. The third-order valence-electron chi connectivity index (χ3n) is 12.1. The van der Waals surface area contributed by atoms with Gasteiger partial charge < -0.3 is 20.1 Å². The molecule has 0 saturated heterocycles. The van der Waals surface area contributed by atoms with E-state index in [0.29, 0.717) is 13.0 Å². The molecular weight excluding hydrogens is 878 g/mol. The van der Waals surface area contributed by atoms with Crippen LogP contribution < -0.4 is 5.73 Å². The van der Waals surface area contributed by atoms with E-state index < -0.39 is 13.9 Å². The number of hydrogen-bond acceptors (Lipinski definition) is 7. The lowest BCUT2D eigenvalue weighted by Crippen LogP contribution is -2.28. The molecule has 0 amide bonds. The Kier molecular flexibility index (Phi) is 54.7. The van der Waals surface area contributed by atoms with Crippen LogP contribution in [0.2, 0.25) is 0 Å². The maximum Gasteiger partial charge on any atom is 0.472 e. The van der Waals surface area contributed by atoms with Gasteiger partial charge in [-0.15, -0.1) is 0 Å². The molecular formula is C60H108NO7P. The quantitative estimate of drug-likeness (QED) is 0.0268. The Morgan fingerprint density at radius 3 is 1.22 bits per heavy atom. The smallest absolute Gasteiger partial charge is 0.457 e. The highest BCUT2D eigenvalue weighted by atomic mass is 31.2. The van der Waals surface area contributed by atoms with Crippen LogP contribution in [0.1, 0.15) is 251 Å². The maximum absolute atomic E-state index is 12.7. The summed E-state index contributed by atoms with van der Waals surface area (Å²) in [5.41, 5.74) is 5.40. The topological polar surface area (TPSA) is 117 Å². The Bertz CT molecular complexity index is 1340. The summed E-state index contributed by atoms with van der Waals surface area (Å²) in [5, 5.41) is 0. The molecule has 2 unspecified atom stereocenters. The standard InChI is InChI=1S/C60H108NO7P/c1-3-5-7-9-11-13-15-17-19-21-23-25-27-29-30-32-34-36-38-40-42-44-46-48-50-52-55-65-57-59(58-67-69(63,64)66-56-54-61)68-60(62)53-51-49-47-45-43-41-39-37-35-33-31-28-26-24-22-20-18-16-14-12-10-8-6-4-2/h5,7,11,13,17,19,23,25,29-30,34,36,40,42,59H,3-4,6,8-10,12,14-16,18,20-22,24,26-28,31-33,35,37-39,41,43-58,61H2,1-2H3,(H,63,64)/b7-5-,13-11-,19-17-,25-23-,30-29-,36-34-,42-40-. The molecule has 400 valence electrons. The number of phosphoric ester groups is 1. The summed E-state index contributed by atoms with van der Waals surface area (Å²) >= 11 is 0. The van der Waals surface area contributed by atoms with Crippen molar-refractivity contribution in [3.63, 3.8) is 0 Å². The summed E-state index contributed by atoms with van der Waals surface area (Å²) in [6.07, 6.45) is 75.0. The SMILES string of the molecule is CC/C=C\C/C=C\C/C=C\C/C=C\C/C=C\C/C=C\C/C=C\CCCCCCOCC(COP(=O)(O)OCCN)OC(=O)CCCCCCCCCCCCCCCCCCCCCCCCCC. The molecule has 0 aromatic rings. The molecule has 8 nitrogen and oxygen atoms in total. The molecule has 0 aliphatic carbocycles. The fraction of sp³-hybridized carbons (Fsp3) is 0.750. The lowest BCUT2D eigenvalue weighted by molar-refractivity contribution is -0.154. The zero-order chi connectivity index (χ0) is 50.1. The van der Waals surface area contributed by atoms with Gasteiger partial charge in [0.05, 0.1) is 19.8 Å². The van der Waals surface area contributed by atoms with E-state index in [0.717, 1.165) is 96.3 Å². The number of hydrogen-bond donors (Lipinski definition) is 2. The van der Waals surface area contributed by atoms with Crippen LogP contribution in [0.15, 0.2) is 85.1 Å². The molecule has 0 rings (SSSR count). The van der Waals surface area contributed by atoms with Crippen LogP contribution in [0.3, 0.4) is 0 Å². The van der Waals surface area contributed by atoms with Crippen LogP contribution in [-0.2, 0) is 27.9 Å². The first-order valence-electron chi connectivity index (χ1n) is 28.6. The van der Waals surface area contributed by atoms with Crippen molar-refractivity contribution in [2.75, 3.05) is 33.0 Å². The summed E-state index contributed by atoms with van der Waals surface area (Å²) in [4.78, 5) is 22.7. The number of rotatable bonds is 54. The minimum absolute atomic E-state index is 0.0929. The minimum Gasteiger partial charge on any atom is -0.457 e. The Hall–Kier alpha value is -2.32. The van der Waals surface area contributed by atoms with Crippen molar-refractivity contribution in [1.82, 2.24) is 0 Å². The van der Waals surface area contributed by atoms with Crippen molar-refractivity contribution in [3.8, 4) is 0 Å². The zero-order valence-electron chi connectivity index (χ0n) is 44.8. The van der Waals surface area contributed by atoms with Crippen LogP contribution in [0, 0.1) is 0 Å². The molecule has 0 radical (unpaired) electrons. The highest BCUT2D eigenvalue weighted by Gasteiger charge is 2.25. The molecule has 69 heavy (non-hydrogen) atoms. The summed E-state index contributed by atoms with van der Waals surface area (Å²) in [6, 6.07) is 0. The second-order valence-corrected chi connectivity index (χ2v) is 20.2. The van der Waals surface area contributed by atoms with Gasteiger partial charge in [-0.1, -0.05) is 259 Å². The van der Waals surface area contributed by atoms with Crippen molar-refractivity contribution in [2.24, 2.45) is 5.73 Å². The monoisotopic (exact) mass is 986 g/mol. The Balaban J connectivity index is 3.96. The van der Waals surface area contributed by atoms with E-state index in [2.05, 4.69) is 98.9 Å². The lowest BCUT2D eigenvalue weighted by Gasteiger charge is -2.20. The van der Waals surface area contributed by atoms with Crippen molar-refractivity contribution < 1.29 is 32.8 Å². The van der Waals surface area contributed by atoms with Crippen molar-refractivity contribution in [1.29, 1.82) is 0 Å². The van der Waals surface area contributed by atoms with Gasteiger partial charge in [0.15, 0.2) is 0 Å². The van der Waals surface area contributed by atoms with Crippen molar-refractivity contribution >= 4 is 13.8 Å². The Labute approximate surface area is 426 Å². The summed E-state index contributed by atoms with van der Waals surface area (Å²) in [5.74, 6) is -0.337. The van der Waals surface area contributed by atoms with Gasteiger partial charge in [-0.05, 0) is 70.6 Å².